The second-order valence-corrected chi connectivity index (χ2v) is 9.31. The summed E-state index contributed by atoms with van der Waals surface area (Å²) in [7, 11) is 3.83. The highest BCUT2D eigenvalue weighted by molar-refractivity contribution is 6.46. The molecule has 1 aliphatic rings. The number of benzene rings is 2. The number of aliphatic hydroxyl groups is 1. The Morgan fingerprint density at radius 1 is 1.12 bits per heavy atom. The summed E-state index contributed by atoms with van der Waals surface area (Å²) in [5.74, 6) is -0.383. The van der Waals surface area contributed by atoms with Crippen molar-refractivity contribution >= 4 is 28.4 Å². The fraction of sp³-hybridized carbons (Fsp3) is 0.333. The molecule has 1 fully saturated rings. The molecule has 0 bridgehead atoms. The van der Waals surface area contributed by atoms with Crippen LogP contribution >= 0.6 is 0 Å². The first kappa shape index (κ1) is 23.6. The molecule has 0 radical (unpaired) electrons. The van der Waals surface area contributed by atoms with Crippen molar-refractivity contribution in [2.24, 2.45) is 5.92 Å². The van der Waals surface area contributed by atoms with E-state index in [1.807, 2.05) is 49.5 Å². The third kappa shape index (κ3) is 4.56. The van der Waals surface area contributed by atoms with Crippen molar-refractivity contribution in [2.45, 2.75) is 19.9 Å². The molecule has 1 amide bonds. The molecule has 2 aromatic carbocycles. The van der Waals surface area contributed by atoms with Crippen LogP contribution in [0, 0.1) is 5.92 Å². The summed E-state index contributed by atoms with van der Waals surface area (Å²) in [6, 6.07) is 14.0. The molecule has 3 aromatic rings. The Hall–Kier alpha value is -3.58. The Bertz CT molecular complexity index is 1220. The molecule has 178 valence electrons. The van der Waals surface area contributed by atoms with Crippen LogP contribution in [0.3, 0.4) is 0 Å². The van der Waals surface area contributed by atoms with Gasteiger partial charge < -0.3 is 24.6 Å². The number of fused-ring (bicyclic) bond motifs is 1. The van der Waals surface area contributed by atoms with Crippen LogP contribution in [0.15, 0.2) is 60.3 Å². The number of carbonyl (C=O) groups is 2. The molecule has 4 rings (SSSR count). The number of nitrogens with one attached hydrogen (secondary N) is 1. The number of likely N-dealkylation sites (tertiary alicyclic amines) is 1. The lowest BCUT2D eigenvalue weighted by atomic mass is 9.95. The van der Waals surface area contributed by atoms with Crippen molar-refractivity contribution in [1.29, 1.82) is 0 Å². The van der Waals surface area contributed by atoms with Gasteiger partial charge in [-0.05, 0) is 50.3 Å². The van der Waals surface area contributed by atoms with Crippen LogP contribution in [-0.2, 0) is 9.59 Å². The lowest BCUT2D eigenvalue weighted by Gasteiger charge is -2.26. The fourth-order valence-corrected chi connectivity index (χ4v) is 4.19. The summed E-state index contributed by atoms with van der Waals surface area (Å²) in [6.07, 6.45) is 1.82. The Balaban J connectivity index is 1.79. The maximum absolute atomic E-state index is 13.2. The van der Waals surface area contributed by atoms with Crippen LogP contribution in [0.4, 0.5) is 0 Å². The van der Waals surface area contributed by atoms with E-state index in [9.17, 15) is 14.7 Å². The van der Waals surface area contributed by atoms with Gasteiger partial charge in [0.15, 0.2) is 0 Å². The van der Waals surface area contributed by atoms with Gasteiger partial charge in [-0.1, -0.05) is 32.0 Å². The van der Waals surface area contributed by atoms with Crippen LogP contribution in [0.5, 0.6) is 5.75 Å². The van der Waals surface area contributed by atoms with E-state index in [0.29, 0.717) is 36.9 Å². The quantitative estimate of drug-likeness (QED) is 0.299. The number of nitrogens with zero attached hydrogens (tertiary/aromatic N) is 2. The first-order valence-electron chi connectivity index (χ1n) is 11.5. The number of hydrogen-bond acceptors (Lipinski definition) is 5. The third-order valence-corrected chi connectivity index (χ3v) is 5.95. The van der Waals surface area contributed by atoms with E-state index in [0.717, 1.165) is 16.5 Å². The highest BCUT2D eigenvalue weighted by Crippen LogP contribution is 2.41. The van der Waals surface area contributed by atoms with E-state index in [2.05, 4.69) is 18.8 Å². The number of Topliss-reactive ketones (excluding diaryl/α,β-unsaturated/α-hetero) is 1. The summed E-state index contributed by atoms with van der Waals surface area (Å²) in [6.45, 7) is 5.68. The van der Waals surface area contributed by atoms with Crippen molar-refractivity contribution in [2.75, 3.05) is 33.8 Å². The van der Waals surface area contributed by atoms with Crippen LogP contribution in [0.1, 0.15) is 31.0 Å². The predicted octanol–water partition coefficient (Wildman–Crippen LogP) is 4.19. The minimum Gasteiger partial charge on any atom is -0.507 e. The number of hydrogen-bond donors (Lipinski definition) is 2. The van der Waals surface area contributed by atoms with Gasteiger partial charge in [0.2, 0.25) is 0 Å². The number of rotatable bonds is 8. The lowest BCUT2D eigenvalue weighted by molar-refractivity contribution is -0.140. The van der Waals surface area contributed by atoms with Crippen molar-refractivity contribution in [3.8, 4) is 5.75 Å². The molecule has 7 nitrogen and oxygen atoms in total. The fourth-order valence-electron chi connectivity index (χ4n) is 4.19. The number of carbonyl (C=O) groups excluding carboxylic acids is 2. The molecule has 1 unspecified atom stereocenters. The van der Waals surface area contributed by atoms with E-state index < -0.39 is 17.7 Å². The molecule has 2 N–H and O–H groups in total. The van der Waals surface area contributed by atoms with E-state index in [-0.39, 0.29) is 11.3 Å². The average molecular weight is 462 g/mol. The van der Waals surface area contributed by atoms with Crippen molar-refractivity contribution in [1.82, 2.24) is 14.8 Å². The minimum atomic E-state index is -0.687. The Labute approximate surface area is 199 Å². The van der Waals surface area contributed by atoms with Crippen LogP contribution in [-0.4, -0.2) is 65.4 Å². The molecule has 1 atom stereocenters. The van der Waals surface area contributed by atoms with Gasteiger partial charge in [-0.3, -0.25) is 9.59 Å². The Morgan fingerprint density at radius 2 is 1.82 bits per heavy atom. The first-order valence-corrected chi connectivity index (χ1v) is 11.5. The van der Waals surface area contributed by atoms with Crippen molar-refractivity contribution in [3.05, 3.63) is 71.4 Å². The molecule has 0 aliphatic carbocycles. The monoisotopic (exact) mass is 461 g/mol. The number of ether oxygens (including phenoxy) is 1. The summed E-state index contributed by atoms with van der Waals surface area (Å²) < 4.78 is 5.73. The number of aromatic nitrogens is 1. The topological polar surface area (TPSA) is 85.9 Å². The Morgan fingerprint density at radius 3 is 2.50 bits per heavy atom. The van der Waals surface area contributed by atoms with Crippen molar-refractivity contribution in [3.63, 3.8) is 0 Å². The summed E-state index contributed by atoms with van der Waals surface area (Å²) in [5, 5.41) is 12.2. The average Bonchev–Trinajstić information content (AvgIpc) is 3.35. The first-order chi connectivity index (χ1) is 16.3. The van der Waals surface area contributed by atoms with Gasteiger partial charge in [-0.2, -0.15) is 0 Å². The van der Waals surface area contributed by atoms with E-state index in [1.54, 1.807) is 29.2 Å². The number of aromatic amines is 1. The zero-order valence-electron chi connectivity index (χ0n) is 20.0. The third-order valence-electron chi connectivity index (χ3n) is 5.95. The molecule has 7 heteroatoms. The standard InChI is InChI=1S/C27H31N3O4/c1-17(2)16-34-19-11-9-18(10-12-19)25(31)23-24(21-15-28-22-8-6-5-7-20(21)22)30(14-13-29(3)4)27(33)26(23)32/h5-12,15,17,24,28,31H,13-14,16H2,1-4H3/b25-23+. The molecule has 1 saturated heterocycles. The molecule has 1 aromatic heterocycles. The van der Waals surface area contributed by atoms with E-state index >= 15 is 0 Å². The maximum Gasteiger partial charge on any atom is 0.295 e. The highest BCUT2D eigenvalue weighted by Gasteiger charge is 2.46. The van der Waals surface area contributed by atoms with E-state index in [1.165, 1.54) is 0 Å². The van der Waals surface area contributed by atoms with Crippen molar-refractivity contribution < 1.29 is 19.4 Å². The van der Waals surface area contributed by atoms with Crippen LogP contribution < -0.4 is 4.74 Å². The molecular formula is C27H31N3O4. The predicted molar refractivity (Wildman–Crippen MR) is 133 cm³/mol. The number of amides is 1. The van der Waals surface area contributed by atoms with E-state index in [4.69, 9.17) is 4.74 Å². The second-order valence-electron chi connectivity index (χ2n) is 9.31. The van der Waals surface area contributed by atoms with Crippen LogP contribution in [0.25, 0.3) is 16.7 Å². The maximum atomic E-state index is 13.2. The highest BCUT2D eigenvalue weighted by atomic mass is 16.5. The second kappa shape index (κ2) is 9.73. The molecular weight excluding hydrogens is 430 g/mol. The van der Waals surface area contributed by atoms with Gasteiger partial charge in [0.1, 0.15) is 11.5 Å². The molecule has 1 aliphatic heterocycles. The number of H-pyrrole nitrogens is 1. The largest absolute Gasteiger partial charge is 0.507 e. The molecule has 0 saturated carbocycles. The summed E-state index contributed by atoms with van der Waals surface area (Å²) in [4.78, 5) is 33.0. The summed E-state index contributed by atoms with van der Waals surface area (Å²) >= 11 is 0. The smallest absolute Gasteiger partial charge is 0.295 e. The van der Waals surface area contributed by atoms with Gasteiger partial charge in [0.05, 0.1) is 18.2 Å². The zero-order chi connectivity index (χ0) is 24.4. The number of para-hydroxylation sites is 1. The van der Waals surface area contributed by atoms with Gasteiger partial charge in [0.25, 0.3) is 11.7 Å². The molecule has 0 spiro atoms. The SMILES string of the molecule is CC(C)COc1ccc(/C(O)=C2\C(=O)C(=O)N(CCN(C)C)C2c2c[nH]c3ccccc23)cc1. The lowest BCUT2D eigenvalue weighted by Crippen LogP contribution is -2.35. The number of aliphatic hydroxyl groups excluding tert-OH is 1. The van der Waals surface area contributed by atoms with Crippen LogP contribution in [0.2, 0.25) is 0 Å². The minimum absolute atomic E-state index is 0.101. The number of likely N-dealkylation sites (N-methyl/N-ethyl adjacent to an activating group) is 1. The number of ketones is 1. The normalized spacial score (nSPS) is 17.9. The Kier molecular flexibility index (Phi) is 6.75. The van der Waals surface area contributed by atoms with Gasteiger partial charge >= 0.3 is 0 Å². The zero-order valence-corrected chi connectivity index (χ0v) is 20.0. The van der Waals surface area contributed by atoms with Gasteiger partial charge in [0, 0.05) is 41.3 Å². The molecule has 34 heavy (non-hydrogen) atoms. The van der Waals surface area contributed by atoms with Gasteiger partial charge in [-0.15, -0.1) is 0 Å². The molecule has 2 heterocycles. The van der Waals surface area contributed by atoms with Gasteiger partial charge in [-0.25, -0.2) is 0 Å². The summed E-state index contributed by atoms with van der Waals surface area (Å²) in [5.41, 5.74) is 2.26.